The number of hydrogen-bond acceptors (Lipinski definition) is 6. The Balaban J connectivity index is 1.56. The summed E-state index contributed by atoms with van der Waals surface area (Å²) in [4.78, 5) is 9.31. The molecule has 0 N–H and O–H groups in total. The molecule has 0 amide bonds. The predicted octanol–water partition coefficient (Wildman–Crippen LogP) is 5.72. The van der Waals surface area contributed by atoms with Gasteiger partial charge in [-0.1, -0.05) is 49.9 Å². The molecule has 3 aromatic rings. The van der Waals surface area contributed by atoms with E-state index >= 15 is 0 Å². The average Bonchev–Trinajstić information content (AvgIpc) is 3.15. The van der Waals surface area contributed by atoms with Crippen LogP contribution < -0.4 is 14.2 Å². The second-order valence-electron chi connectivity index (χ2n) is 6.90. The summed E-state index contributed by atoms with van der Waals surface area (Å²) in [7, 11) is 0. The third-order valence-electron chi connectivity index (χ3n) is 4.48. The lowest BCUT2D eigenvalue weighted by Crippen LogP contribution is -2.00. The fraction of sp³-hybridized carbons (Fsp3) is 0.273. The first-order valence-electron chi connectivity index (χ1n) is 9.22. The number of ether oxygens (including phenoxy) is 3. The molecule has 1 aromatic heterocycles. The Morgan fingerprint density at radius 1 is 1.04 bits per heavy atom. The molecule has 6 heteroatoms. The van der Waals surface area contributed by atoms with Crippen LogP contribution in [0.25, 0.3) is 0 Å². The van der Waals surface area contributed by atoms with Gasteiger partial charge in [0.05, 0.1) is 5.69 Å². The van der Waals surface area contributed by atoms with Crippen molar-refractivity contribution in [3.05, 3.63) is 65.4 Å². The van der Waals surface area contributed by atoms with Crippen LogP contribution in [-0.4, -0.2) is 16.8 Å². The maximum atomic E-state index is 6.01. The topological polar surface area (TPSA) is 53.5 Å². The molecule has 5 nitrogen and oxygen atoms in total. The number of rotatable bonds is 6. The van der Waals surface area contributed by atoms with Gasteiger partial charge in [0.1, 0.15) is 5.75 Å². The summed E-state index contributed by atoms with van der Waals surface area (Å²) in [6.07, 6.45) is 0. The second kappa shape index (κ2) is 8.10. The summed E-state index contributed by atoms with van der Waals surface area (Å²) < 4.78 is 16.8. The normalized spacial score (nSPS) is 12.4. The monoisotopic (exact) mass is 394 g/mol. The van der Waals surface area contributed by atoms with Crippen LogP contribution in [0, 0.1) is 6.92 Å². The molecule has 144 valence electrons. The van der Waals surface area contributed by atoms with Crippen molar-refractivity contribution < 1.29 is 14.2 Å². The first-order valence-corrected chi connectivity index (χ1v) is 10.2. The van der Waals surface area contributed by atoms with Crippen LogP contribution in [0.3, 0.4) is 0 Å². The molecule has 0 spiro atoms. The number of nitrogens with zero attached hydrogens (tertiary/aromatic N) is 2. The summed E-state index contributed by atoms with van der Waals surface area (Å²) in [5, 5.41) is 0.713. The summed E-state index contributed by atoms with van der Waals surface area (Å²) >= 11 is 1.62. The van der Waals surface area contributed by atoms with E-state index in [2.05, 4.69) is 50.0 Å². The highest BCUT2D eigenvalue weighted by Crippen LogP contribution is 2.37. The molecule has 0 saturated carbocycles. The minimum absolute atomic E-state index is 0.240. The molecule has 2 heterocycles. The van der Waals surface area contributed by atoms with Crippen molar-refractivity contribution in [2.24, 2.45) is 0 Å². The van der Waals surface area contributed by atoms with Gasteiger partial charge in [-0.25, -0.2) is 4.98 Å². The van der Waals surface area contributed by atoms with Crippen LogP contribution in [0.15, 0.2) is 53.7 Å². The molecule has 1 aliphatic rings. The molecular weight excluding hydrogens is 372 g/mol. The Kier molecular flexibility index (Phi) is 5.39. The van der Waals surface area contributed by atoms with Gasteiger partial charge in [-0.15, -0.1) is 0 Å². The van der Waals surface area contributed by atoms with E-state index in [9.17, 15) is 0 Å². The SMILES string of the molecule is Cc1ccccc1CSc1nc(Oc2ccc3c(c2)OCO3)cc(C(C)C)n1. The number of aromatic nitrogens is 2. The van der Waals surface area contributed by atoms with Gasteiger partial charge in [-0.3, -0.25) is 0 Å². The summed E-state index contributed by atoms with van der Waals surface area (Å²) in [6, 6.07) is 15.8. The standard InChI is InChI=1S/C22H22N2O3S/c1-14(2)18-11-21(27-17-8-9-19-20(10-17)26-13-25-19)24-22(23-18)28-12-16-7-5-4-6-15(16)3/h4-11,14H,12-13H2,1-3H3. The van der Waals surface area contributed by atoms with E-state index in [1.807, 2.05) is 24.3 Å². The molecule has 0 radical (unpaired) electrons. The van der Waals surface area contributed by atoms with Crippen molar-refractivity contribution in [1.29, 1.82) is 0 Å². The zero-order valence-electron chi connectivity index (χ0n) is 16.1. The van der Waals surface area contributed by atoms with Crippen LogP contribution in [0.4, 0.5) is 0 Å². The van der Waals surface area contributed by atoms with E-state index < -0.39 is 0 Å². The average molecular weight is 394 g/mol. The maximum Gasteiger partial charge on any atom is 0.231 e. The van der Waals surface area contributed by atoms with Crippen molar-refractivity contribution in [2.45, 2.75) is 37.6 Å². The molecule has 28 heavy (non-hydrogen) atoms. The Morgan fingerprint density at radius 3 is 2.68 bits per heavy atom. The molecule has 0 fully saturated rings. The van der Waals surface area contributed by atoms with Crippen molar-refractivity contribution in [2.75, 3.05) is 6.79 Å². The number of fused-ring (bicyclic) bond motifs is 1. The molecule has 2 aromatic carbocycles. The number of aryl methyl sites for hydroxylation is 1. The lowest BCUT2D eigenvalue weighted by molar-refractivity contribution is 0.174. The molecule has 0 atom stereocenters. The minimum Gasteiger partial charge on any atom is -0.454 e. The third kappa shape index (κ3) is 4.22. The minimum atomic E-state index is 0.240. The number of hydrogen-bond donors (Lipinski definition) is 0. The van der Waals surface area contributed by atoms with E-state index in [4.69, 9.17) is 19.2 Å². The van der Waals surface area contributed by atoms with Gasteiger partial charge in [0.25, 0.3) is 0 Å². The van der Waals surface area contributed by atoms with Crippen molar-refractivity contribution in [3.8, 4) is 23.1 Å². The quantitative estimate of drug-likeness (QED) is 0.394. The Bertz CT molecular complexity index is 991. The third-order valence-corrected chi connectivity index (χ3v) is 5.37. The second-order valence-corrected chi connectivity index (χ2v) is 7.84. The van der Waals surface area contributed by atoms with Gasteiger partial charge in [0, 0.05) is 17.9 Å². The Labute approximate surface area is 169 Å². The first-order chi connectivity index (χ1) is 13.6. The number of thioether (sulfide) groups is 1. The molecule has 4 rings (SSSR count). The number of benzene rings is 2. The highest BCUT2D eigenvalue weighted by Gasteiger charge is 2.15. The largest absolute Gasteiger partial charge is 0.454 e. The zero-order valence-corrected chi connectivity index (χ0v) is 17.0. The van der Waals surface area contributed by atoms with Crippen LogP contribution in [0.5, 0.6) is 23.1 Å². The van der Waals surface area contributed by atoms with Crippen molar-refractivity contribution >= 4 is 11.8 Å². The molecular formula is C22H22N2O3S. The molecule has 0 saturated heterocycles. The van der Waals surface area contributed by atoms with Crippen LogP contribution >= 0.6 is 11.8 Å². The van der Waals surface area contributed by atoms with E-state index in [0.717, 1.165) is 17.2 Å². The van der Waals surface area contributed by atoms with Crippen molar-refractivity contribution in [1.82, 2.24) is 9.97 Å². The van der Waals surface area contributed by atoms with Crippen molar-refractivity contribution in [3.63, 3.8) is 0 Å². The van der Waals surface area contributed by atoms with Gasteiger partial charge in [0.2, 0.25) is 12.7 Å². The Hall–Kier alpha value is -2.73. The van der Waals surface area contributed by atoms with Gasteiger partial charge >= 0.3 is 0 Å². The molecule has 0 bridgehead atoms. The summed E-state index contributed by atoms with van der Waals surface area (Å²) in [5.41, 5.74) is 3.51. The van der Waals surface area contributed by atoms with Crippen LogP contribution in [-0.2, 0) is 5.75 Å². The zero-order chi connectivity index (χ0) is 19.5. The van der Waals surface area contributed by atoms with Crippen LogP contribution in [0.1, 0.15) is 36.6 Å². The first kappa shape index (κ1) is 18.6. The fourth-order valence-electron chi connectivity index (χ4n) is 2.81. The van der Waals surface area contributed by atoms with Gasteiger partial charge < -0.3 is 14.2 Å². The highest BCUT2D eigenvalue weighted by molar-refractivity contribution is 7.98. The maximum absolute atomic E-state index is 6.01. The molecule has 1 aliphatic heterocycles. The Morgan fingerprint density at radius 2 is 1.86 bits per heavy atom. The smallest absolute Gasteiger partial charge is 0.231 e. The highest BCUT2D eigenvalue weighted by atomic mass is 32.2. The van der Waals surface area contributed by atoms with Gasteiger partial charge in [0.15, 0.2) is 16.7 Å². The van der Waals surface area contributed by atoms with E-state index in [0.29, 0.717) is 22.5 Å². The lowest BCUT2D eigenvalue weighted by Gasteiger charge is -2.12. The van der Waals surface area contributed by atoms with E-state index in [1.54, 1.807) is 11.8 Å². The predicted molar refractivity (Wildman–Crippen MR) is 110 cm³/mol. The lowest BCUT2D eigenvalue weighted by atomic mass is 10.1. The van der Waals surface area contributed by atoms with E-state index in [-0.39, 0.29) is 12.7 Å². The van der Waals surface area contributed by atoms with Gasteiger partial charge in [-0.2, -0.15) is 4.98 Å². The molecule has 0 unspecified atom stereocenters. The van der Waals surface area contributed by atoms with E-state index in [1.165, 1.54) is 11.1 Å². The summed E-state index contributed by atoms with van der Waals surface area (Å²) in [5.74, 6) is 3.70. The molecule has 0 aliphatic carbocycles. The van der Waals surface area contributed by atoms with Crippen LogP contribution in [0.2, 0.25) is 0 Å². The summed E-state index contributed by atoms with van der Waals surface area (Å²) in [6.45, 7) is 6.59. The van der Waals surface area contributed by atoms with Gasteiger partial charge in [-0.05, 0) is 36.1 Å². The fourth-order valence-corrected chi connectivity index (χ4v) is 3.74.